The van der Waals surface area contributed by atoms with Crippen molar-refractivity contribution in [3.05, 3.63) is 35.4 Å². The molecular formula is C19H27NO3. The van der Waals surface area contributed by atoms with Crippen LogP contribution in [0.5, 0.6) is 0 Å². The van der Waals surface area contributed by atoms with Gasteiger partial charge in [-0.3, -0.25) is 9.59 Å². The van der Waals surface area contributed by atoms with Crippen molar-refractivity contribution in [2.75, 3.05) is 6.61 Å². The van der Waals surface area contributed by atoms with E-state index in [2.05, 4.69) is 5.32 Å². The van der Waals surface area contributed by atoms with Gasteiger partial charge in [-0.2, -0.15) is 0 Å². The first-order chi connectivity index (χ1) is 11.1. The molecule has 1 aromatic rings. The van der Waals surface area contributed by atoms with E-state index in [1.165, 1.54) is 24.8 Å². The lowest BCUT2D eigenvalue weighted by atomic mass is 9.94. The number of carbonyl (C=O) groups excluding carboxylic acids is 2. The average molecular weight is 317 g/mol. The van der Waals surface area contributed by atoms with Crippen molar-refractivity contribution in [3.8, 4) is 0 Å². The van der Waals surface area contributed by atoms with Gasteiger partial charge in [0.25, 0.3) is 5.91 Å². The van der Waals surface area contributed by atoms with E-state index < -0.39 is 0 Å². The molecule has 2 rings (SSSR count). The fraction of sp³-hybridized carbons (Fsp3) is 0.579. The number of carbonyl (C=O) groups is 2. The van der Waals surface area contributed by atoms with E-state index in [4.69, 9.17) is 4.74 Å². The standard InChI is InChI=1S/C19H27NO3/c1-14-8-6-7-11-17(14)15(2)12-19(22)23-13-18(21)20-16-9-4-3-5-10-16/h6-8,11,15-16H,3-5,9-10,12-13H2,1-2H3,(H,20,21). The molecule has 0 bridgehead atoms. The van der Waals surface area contributed by atoms with Gasteiger partial charge in [-0.15, -0.1) is 0 Å². The number of aryl methyl sites for hydroxylation is 1. The fourth-order valence-corrected chi connectivity index (χ4v) is 3.22. The maximum atomic E-state index is 11.9. The van der Waals surface area contributed by atoms with Crippen LogP contribution in [-0.2, 0) is 14.3 Å². The minimum absolute atomic E-state index is 0.0881. The van der Waals surface area contributed by atoms with E-state index in [-0.39, 0.29) is 30.4 Å². The quantitative estimate of drug-likeness (QED) is 0.817. The summed E-state index contributed by atoms with van der Waals surface area (Å²) >= 11 is 0. The highest BCUT2D eigenvalue weighted by Crippen LogP contribution is 2.22. The van der Waals surface area contributed by atoms with Crippen molar-refractivity contribution < 1.29 is 14.3 Å². The SMILES string of the molecule is Cc1ccccc1C(C)CC(=O)OCC(=O)NC1CCCCC1. The van der Waals surface area contributed by atoms with Gasteiger partial charge in [-0.05, 0) is 36.8 Å². The Bertz CT molecular complexity index is 535. The molecule has 1 fully saturated rings. The number of rotatable bonds is 6. The summed E-state index contributed by atoms with van der Waals surface area (Å²) in [4.78, 5) is 23.8. The van der Waals surface area contributed by atoms with Crippen LogP contribution < -0.4 is 5.32 Å². The molecule has 1 saturated carbocycles. The molecule has 1 N–H and O–H groups in total. The molecule has 126 valence electrons. The summed E-state index contributed by atoms with van der Waals surface area (Å²) in [5, 5.41) is 2.95. The summed E-state index contributed by atoms with van der Waals surface area (Å²) in [5.41, 5.74) is 2.32. The third-order valence-electron chi connectivity index (χ3n) is 4.53. The molecule has 0 spiro atoms. The first-order valence-corrected chi connectivity index (χ1v) is 8.56. The lowest BCUT2D eigenvalue weighted by Crippen LogP contribution is -2.38. The van der Waals surface area contributed by atoms with Crippen LogP contribution in [0.1, 0.15) is 62.5 Å². The predicted octanol–water partition coefficient (Wildman–Crippen LogP) is 3.48. The molecule has 23 heavy (non-hydrogen) atoms. The Morgan fingerprint density at radius 2 is 1.91 bits per heavy atom. The molecule has 0 aromatic heterocycles. The van der Waals surface area contributed by atoms with Crippen LogP contribution in [0, 0.1) is 6.92 Å². The molecule has 0 aliphatic heterocycles. The summed E-state index contributed by atoms with van der Waals surface area (Å²) in [6.07, 6.45) is 5.94. The summed E-state index contributed by atoms with van der Waals surface area (Å²) in [7, 11) is 0. The van der Waals surface area contributed by atoms with E-state index in [1.54, 1.807) is 0 Å². The molecular weight excluding hydrogens is 290 g/mol. The van der Waals surface area contributed by atoms with Crippen molar-refractivity contribution in [2.24, 2.45) is 0 Å². The molecule has 1 aromatic carbocycles. The van der Waals surface area contributed by atoms with Gasteiger partial charge in [0.2, 0.25) is 0 Å². The monoisotopic (exact) mass is 317 g/mol. The number of hydrogen-bond donors (Lipinski definition) is 1. The van der Waals surface area contributed by atoms with Crippen molar-refractivity contribution in [1.29, 1.82) is 0 Å². The fourth-order valence-electron chi connectivity index (χ4n) is 3.22. The predicted molar refractivity (Wildman–Crippen MR) is 90.2 cm³/mol. The van der Waals surface area contributed by atoms with Gasteiger partial charge < -0.3 is 10.1 Å². The maximum Gasteiger partial charge on any atom is 0.306 e. The van der Waals surface area contributed by atoms with Crippen LogP contribution in [-0.4, -0.2) is 24.5 Å². The highest BCUT2D eigenvalue weighted by atomic mass is 16.5. The van der Waals surface area contributed by atoms with Gasteiger partial charge in [-0.1, -0.05) is 50.5 Å². The summed E-state index contributed by atoms with van der Waals surface area (Å²) in [6.45, 7) is 3.87. The molecule has 1 amide bonds. The molecule has 0 radical (unpaired) electrons. The Labute approximate surface area is 138 Å². The smallest absolute Gasteiger partial charge is 0.306 e. The van der Waals surface area contributed by atoms with Crippen molar-refractivity contribution in [2.45, 2.75) is 64.3 Å². The van der Waals surface area contributed by atoms with Crippen LogP contribution in [0.15, 0.2) is 24.3 Å². The molecule has 4 nitrogen and oxygen atoms in total. The number of esters is 1. The third kappa shape index (κ3) is 5.70. The lowest BCUT2D eigenvalue weighted by molar-refractivity contribution is -0.149. The van der Waals surface area contributed by atoms with Crippen LogP contribution in [0.3, 0.4) is 0 Å². The van der Waals surface area contributed by atoms with Gasteiger partial charge in [0.15, 0.2) is 6.61 Å². The molecule has 0 heterocycles. The van der Waals surface area contributed by atoms with Gasteiger partial charge in [0, 0.05) is 6.04 Å². The Morgan fingerprint density at radius 3 is 2.61 bits per heavy atom. The van der Waals surface area contributed by atoms with E-state index in [0.717, 1.165) is 18.4 Å². The molecule has 0 saturated heterocycles. The minimum atomic E-state index is -0.320. The van der Waals surface area contributed by atoms with Crippen molar-refractivity contribution >= 4 is 11.9 Å². The van der Waals surface area contributed by atoms with Gasteiger partial charge in [-0.25, -0.2) is 0 Å². The number of nitrogens with one attached hydrogen (secondary N) is 1. The van der Waals surface area contributed by atoms with Gasteiger partial charge >= 0.3 is 5.97 Å². The first kappa shape index (κ1) is 17.5. The van der Waals surface area contributed by atoms with E-state index in [9.17, 15) is 9.59 Å². The topological polar surface area (TPSA) is 55.4 Å². The molecule has 1 unspecified atom stereocenters. The second-order valence-electron chi connectivity index (χ2n) is 6.52. The zero-order valence-corrected chi connectivity index (χ0v) is 14.1. The average Bonchev–Trinajstić information content (AvgIpc) is 2.54. The Hall–Kier alpha value is -1.84. The number of benzene rings is 1. The van der Waals surface area contributed by atoms with Crippen molar-refractivity contribution in [3.63, 3.8) is 0 Å². The van der Waals surface area contributed by atoms with Gasteiger partial charge in [0.05, 0.1) is 6.42 Å². The summed E-state index contributed by atoms with van der Waals surface area (Å²) in [5.74, 6) is -0.418. The van der Waals surface area contributed by atoms with E-state index in [0.29, 0.717) is 6.42 Å². The lowest BCUT2D eigenvalue weighted by Gasteiger charge is -2.22. The van der Waals surface area contributed by atoms with Crippen LogP contribution >= 0.6 is 0 Å². The van der Waals surface area contributed by atoms with Crippen LogP contribution in [0.25, 0.3) is 0 Å². The zero-order valence-electron chi connectivity index (χ0n) is 14.1. The second-order valence-corrected chi connectivity index (χ2v) is 6.52. The van der Waals surface area contributed by atoms with E-state index >= 15 is 0 Å². The molecule has 4 heteroatoms. The van der Waals surface area contributed by atoms with Crippen LogP contribution in [0.2, 0.25) is 0 Å². The summed E-state index contributed by atoms with van der Waals surface area (Å²) in [6, 6.07) is 8.28. The summed E-state index contributed by atoms with van der Waals surface area (Å²) < 4.78 is 5.13. The highest BCUT2D eigenvalue weighted by Gasteiger charge is 2.18. The highest BCUT2D eigenvalue weighted by molar-refractivity contribution is 5.81. The van der Waals surface area contributed by atoms with Gasteiger partial charge in [0.1, 0.15) is 0 Å². The zero-order chi connectivity index (χ0) is 16.7. The molecule has 1 aliphatic carbocycles. The Kier molecular flexibility index (Phi) is 6.63. The Balaban J connectivity index is 1.72. The normalized spacial score (nSPS) is 16.6. The number of amides is 1. The largest absolute Gasteiger partial charge is 0.456 e. The third-order valence-corrected chi connectivity index (χ3v) is 4.53. The maximum absolute atomic E-state index is 11.9. The van der Waals surface area contributed by atoms with Crippen molar-refractivity contribution in [1.82, 2.24) is 5.32 Å². The Morgan fingerprint density at radius 1 is 1.22 bits per heavy atom. The number of hydrogen-bond acceptors (Lipinski definition) is 3. The first-order valence-electron chi connectivity index (χ1n) is 8.56. The van der Waals surface area contributed by atoms with E-state index in [1.807, 2.05) is 38.1 Å². The molecule has 1 aliphatic rings. The number of ether oxygens (including phenoxy) is 1. The molecule has 1 atom stereocenters. The second kappa shape index (κ2) is 8.70. The van der Waals surface area contributed by atoms with Crippen LogP contribution in [0.4, 0.5) is 0 Å². The minimum Gasteiger partial charge on any atom is -0.456 e.